The largest absolute Gasteiger partial charge is 0.460 e. The Balaban J connectivity index is 1.46. The summed E-state index contributed by atoms with van der Waals surface area (Å²) in [6.07, 6.45) is -3.75. The number of nitrogens with one attached hydrogen (secondary N) is 1. The number of esters is 1. The van der Waals surface area contributed by atoms with Crippen LogP contribution in [0.15, 0.2) is 67.0 Å². The quantitative estimate of drug-likeness (QED) is 0.0949. The van der Waals surface area contributed by atoms with Gasteiger partial charge in [-0.25, -0.2) is 13.9 Å². The maximum Gasteiger partial charge on any atom is 0.459 e. The van der Waals surface area contributed by atoms with E-state index in [2.05, 4.69) is 20.0 Å². The minimum Gasteiger partial charge on any atom is -0.460 e. The van der Waals surface area contributed by atoms with E-state index in [1.807, 2.05) is 6.07 Å². The minimum absolute atomic E-state index is 0.00143. The van der Waals surface area contributed by atoms with Gasteiger partial charge in [0.2, 0.25) is 5.28 Å². The van der Waals surface area contributed by atoms with E-state index in [1.54, 1.807) is 42.5 Å². The van der Waals surface area contributed by atoms with Crippen molar-refractivity contribution in [2.24, 2.45) is 0 Å². The Kier molecular flexibility index (Phi) is 11.2. The Morgan fingerprint density at radius 2 is 1.80 bits per heavy atom. The molecule has 0 bridgehead atoms. The second-order valence-corrected chi connectivity index (χ2v) is 11.8. The molecule has 0 fully saturated rings. The highest BCUT2D eigenvalue weighted by Crippen LogP contribution is 2.45. The molecule has 6 atom stereocenters. The van der Waals surface area contributed by atoms with Crippen LogP contribution >= 0.6 is 19.3 Å². The maximum absolute atomic E-state index is 15.7. The van der Waals surface area contributed by atoms with Gasteiger partial charge >= 0.3 is 13.7 Å². The molecule has 5 unspecified atom stereocenters. The van der Waals surface area contributed by atoms with Gasteiger partial charge < -0.3 is 29.4 Å². The number of para-hydroxylation sites is 1. The van der Waals surface area contributed by atoms with E-state index in [4.69, 9.17) is 35.9 Å². The number of halogens is 2. The van der Waals surface area contributed by atoms with Crippen LogP contribution in [0.25, 0.3) is 11.2 Å². The fourth-order valence-corrected chi connectivity index (χ4v) is 5.86. The van der Waals surface area contributed by atoms with Gasteiger partial charge in [0.05, 0.1) is 19.0 Å². The number of carbonyl (C=O) groups excluding carboxylic acids is 1. The molecule has 44 heavy (non-hydrogen) atoms. The summed E-state index contributed by atoms with van der Waals surface area (Å²) in [6.45, 7) is 2.33. The molecule has 13 nitrogen and oxygen atoms in total. The first-order valence-electron chi connectivity index (χ1n) is 13.5. The topological polar surface area (TPSA) is 173 Å². The summed E-state index contributed by atoms with van der Waals surface area (Å²) in [5, 5.41) is 13.3. The predicted molar refractivity (Wildman–Crippen MR) is 161 cm³/mol. The van der Waals surface area contributed by atoms with E-state index < -0.39 is 50.8 Å². The number of aromatic nitrogens is 4. The van der Waals surface area contributed by atoms with Crippen LogP contribution in [-0.2, 0) is 30.0 Å². The number of hydrogen-bond donors (Lipinski definition) is 3. The van der Waals surface area contributed by atoms with E-state index in [0.29, 0.717) is 0 Å². The lowest BCUT2D eigenvalue weighted by atomic mass is 10.0. The van der Waals surface area contributed by atoms with Gasteiger partial charge in [0, 0.05) is 7.11 Å². The lowest BCUT2D eigenvalue weighted by Crippen LogP contribution is -2.43. The third-order valence-corrected chi connectivity index (χ3v) is 8.45. The number of ether oxygens (including phenoxy) is 2. The third-order valence-electron chi connectivity index (χ3n) is 6.64. The number of aliphatic hydroxyl groups excluding tert-OH is 1. The molecule has 0 spiro atoms. The first kappa shape index (κ1) is 33.2. The molecular weight excluding hydrogens is 618 g/mol. The molecule has 236 valence electrons. The zero-order valence-electron chi connectivity index (χ0n) is 24.1. The number of methoxy groups -OCH3 is 1. The number of benzene rings is 2. The van der Waals surface area contributed by atoms with Crippen molar-refractivity contribution < 1.29 is 37.4 Å². The first-order valence-corrected chi connectivity index (χ1v) is 15.4. The Bertz CT molecular complexity index is 1590. The molecule has 4 N–H and O–H groups in total. The molecule has 2 aromatic heterocycles. The van der Waals surface area contributed by atoms with E-state index in [0.717, 1.165) is 5.56 Å². The fourth-order valence-electron chi connectivity index (χ4n) is 4.18. The Labute approximate surface area is 258 Å². The molecule has 4 rings (SSSR count). The molecule has 2 aromatic carbocycles. The van der Waals surface area contributed by atoms with Crippen molar-refractivity contribution in [2.45, 2.75) is 50.9 Å². The van der Waals surface area contributed by atoms with Gasteiger partial charge in [-0.1, -0.05) is 48.5 Å². The lowest BCUT2D eigenvalue weighted by molar-refractivity contribution is -0.146. The van der Waals surface area contributed by atoms with Crippen LogP contribution in [0.3, 0.4) is 0 Å². The Morgan fingerprint density at radius 3 is 2.45 bits per heavy atom. The molecule has 4 aromatic rings. The smallest absolute Gasteiger partial charge is 0.459 e. The van der Waals surface area contributed by atoms with Crippen molar-refractivity contribution in [3.05, 3.63) is 77.8 Å². The lowest BCUT2D eigenvalue weighted by Gasteiger charge is -2.30. The van der Waals surface area contributed by atoms with Crippen molar-refractivity contribution in [2.75, 3.05) is 19.5 Å². The second kappa shape index (κ2) is 14.9. The van der Waals surface area contributed by atoms with E-state index in [1.165, 1.54) is 44.0 Å². The van der Waals surface area contributed by atoms with E-state index >= 15 is 4.39 Å². The number of nitrogens with zero attached hydrogens (tertiary/aromatic N) is 4. The average molecular weight is 651 g/mol. The number of imidazole rings is 1. The fraction of sp³-hybridized carbons (Fsp3) is 0.357. The molecule has 0 aliphatic carbocycles. The van der Waals surface area contributed by atoms with Crippen LogP contribution < -0.4 is 15.3 Å². The number of anilines is 1. The molecule has 0 amide bonds. The summed E-state index contributed by atoms with van der Waals surface area (Å²) < 4.78 is 52.8. The van der Waals surface area contributed by atoms with E-state index in [-0.39, 0.29) is 34.6 Å². The maximum atomic E-state index is 15.7. The van der Waals surface area contributed by atoms with Gasteiger partial charge in [-0.15, -0.1) is 0 Å². The third kappa shape index (κ3) is 8.29. The van der Waals surface area contributed by atoms with E-state index in [9.17, 15) is 14.5 Å². The van der Waals surface area contributed by atoms with Gasteiger partial charge in [-0.05, 0) is 43.1 Å². The van der Waals surface area contributed by atoms with Crippen LogP contribution in [0.1, 0.15) is 25.5 Å². The molecule has 0 saturated carbocycles. The van der Waals surface area contributed by atoms with Gasteiger partial charge in [-0.3, -0.25) is 9.32 Å². The standard InChI is InChI=1S/C28H33ClFN6O7P/c1-17(27(38)41-14-19-10-6-4-7-11-19)35-44(39,43-20-12-8-5-9-13-20)42-15-21(40-3)24(37)22(30)18(2)36-16-32-23-25(31)33-28(29)34-26(23)36/h4-13,16-18,21-22,24,37H,14-15H2,1-3H3,(H,35,39)(H2,31,33,34)/t17-,18?,21?,22?,24?,44?/m0/s1. The SMILES string of the molecule is COC(COP(=O)(N[C@@H](C)C(=O)OCc1ccccc1)Oc1ccccc1)C(O)C(F)C(C)n1cnc2c(N)nc(Cl)nc21. The molecule has 0 aliphatic rings. The molecular formula is C28H33ClFN6O7P. The van der Waals surface area contributed by atoms with Crippen LogP contribution in [-0.4, -0.2) is 68.7 Å². The van der Waals surface area contributed by atoms with Gasteiger partial charge in [-0.2, -0.15) is 15.1 Å². The zero-order chi connectivity index (χ0) is 31.9. The Hall–Kier alpha value is -3.65. The number of aliphatic hydroxyl groups is 1. The zero-order valence-corrected chi connectivity index (χ0v) is 25.8. The van der Waals surface area contributed by atoms with Crippen LogP contribution in [0.4, 0.5) is 10.2 Å². The number of hydrogen-bond acceptors (Lipinski definition) is 11. The molecule has 2 heterocycles. The van der Waals surface area contributed by atoms with Gasteiger partial charge in [0.15, 0.2) is 11.5 Å². The first-order chi connectivity index (χ1) is 21.0. The monoisotopic (exact) mass is 650 g/mol. The summed E-state index contributed by atoms with van der Waals surface area (Å²) in [6, 6.07) is 15.0. The molecule has 16 heteroatoms. The molecule has 0 radical (unpaired) electrons. The van der Waals surface area contributed by atoms with Gasteiger partial charge in [0.1, 0.15) is 42.3 Å². The number of rotatable bonds is 15. The summed E-state index contributed by atoms with van der Waals surface area (Å²) in [4.78, 5) is 24.7. The average Bonchev–Trinajstić information content (AvgIpc) is 3.44. The summed E-state index contributed by atoms with van der Waals surface area (Å²) >= 11 is 5.92. The number of nitrogen functional groups attached to an aromatic ring is 1. The highest BCUT2D eigenvalue weighted by Gasteiger charge is 2.38. The highest BCUT2D eigenvalue weighted by molar-refractivity contribution is 7.52. The normalized spacial score (nSPS) is 16.4. The number of carbonyl (C=O) groups is 1. The summed E-state index contributed by atoms with van der Waals surface area (Å²) in [5.41, 5.74) is 7.00. The van der Waals surface area contributed by atoms with Crippen molar-refractivity contribution in [3.8, 4) is 5.75 Å². The van der Waals surface area contributed by atoms with Crippen molar-refractivity contribution in [3.63, 3.8) is 0 Å². The minimum atomic E-state index is -4.32. The molecule has 0 aliphatic heterocycles. The molecule has 0 saturated heterocycles. The van der Waals surface area contributed by atoms with Crippen LogP contribution in [0, 0.1) is 0 Å². The van der Waals surface area contributed by atoms with Gasteiger partial charge in [0.25, 0.3) is 0 Å². The Morgan fingerprint density at radius 1 is 1.14 bits per heavy atom. The summed E-state index contributed by atoms with van der Waals surface area (Å²) in [5.74, 6) is -0.524. The second-order valence-electron chi connectivity index (χ2n) is 9.79. The van der Waals surface area contributed by atoms with Crippen LogP contribution in [0.5, 0.6) is 5.75 Å². The summed E-state index contributed by atoms with van der Waals surface area (Å²) in [7, 11) is -3.09. The van der Waals surface area contributed by atoms with Crippen molar-refractivity contribution in [1.29, 1.82) is 0 Å². The highest BCUT2D eigenvalue weighted by atomic mass is 35.5. The predicted octanol–water partition coefficient (Wildman–Crippen LogP) is 4.26. The number of alkyl halides is 1. The van der Waals surface area contributed by atoms with Crippen molar-refractivity contribution >= 4 is 42.3 Å². The van der Waals surface area contributed by atoms with Crippen molar-refractivity contribution in [1.82, 2.24) is 24.6 Å². The number of nitrogens with two attached hydrogens (primary N) is 1. The number of fused-ring (bicyclic) bond motifs is 1. The van der Waals surface area contributed by atoms with Crippen LogP contribution in [0.2, 0.25) is 5.28 Å².